The summed E-state index contributed by atoms with van der Waals surface area (Å²) in [4.78, 5) is 0. The highest BCUT2D eigenvalue weighted by Crippen LogP contribution is 2.28. The maximum absolute atomic E-state index is 12.6. The standard InChI is InChI=1S/C7H10ClF/c1-5-4-6(8)2-3-7(5)9/h6-7H,1-4H2. The van der Waals surface area contributed by atoms with E-state index in [9.17, 15) is 4.39 Å². The van der Waals surface area contributed by atoms with Crippen molar-refractivity contribution in [3.8, 4) is 0 Å². The minimum absolute atomic E-state index is 0.129. The lowest BCUT2D eigenvalue weighted by Gasteiger charge is -2.21. The molecule has 1 saturated carbocycles. The van der Waals surface area contributed by atoms with E-state index in [0.29, 0.717) is 18.4 Å². The fraction of sp³-hybridized carbons (Fsp3) is 0.714. The second kappa shape index (κ2) is 2.70. The van der Waals surface area contributed by atoms with Crippen LogP contribution in [0.2, 0.25) is 0 Å². The summed E-state index contributed by atoms with van der Waals surface area (Å²) in [6.07, 6.45) is 1.22. The zero-order valence-corrected chi connectivity index (χ0v) is 5.99. The molecule has 0 aliphatic heterocycles. The molecule has 52 valence electrons. The van der Waals surface area contributed by atoms with Crippen LogP contribution in [0.4, 0.5) is 4.39 Å². The van der Waals surface area contributed by atoms with E-state index < -0.39 is 6.17 Å². The summed E-state index contributed by atoms with van der Waals surface area (Å²) in [5.41, 5.74) is 0.668. The van der Waals surface area contributed by atoms with Gasteiger partial charge in [-0.1, -0.05) is 6.58 Å². The van der Waals surface area contributed by atoms with E-state index in [0.717, 1.165) is 6.42 Å². The average molecular weight is 149 g/mol. The van der Waals surface area contributed by atoms with Gasteiger partial charge in [-0.3, -0.25) is 0 Å². The topological polar surface area (TPSA) is 0 Å². The van der Waals surface area contributed by atoms with Crippen LogP contribution in [0.3, 0.4) is 0 Å². The van der Waals surface area contributed by atoms with Crippen molar-refractivity contribution in [2.75, 3.05) is 0 Å². The fourth-order valence-corrected chi connectivity index (χ4v) is 1.37. The summed E-state index contributed by atoms with van der Waals surface area (Å²) >= 11 is 5.75. The van der Waals surface area contributed by atoms with E-state index >= 15 is 0 Å². The molecule has 0 nitrogen and oxygen atoms in total. The Balaban J connectivity index is 2.44. The monoisotopic (exact) mass is 148 g/mol. The molecular weight excluding hydrogens is 139 g/mol. The van der Waals surface area contributed by atoms with Gasteiger partial charge in [0.15, 0.2) is 0 Å². The first kappa shape index (κ1) is 7.07. The second-order valence-electron chi connectivity index (χ2n) is 2.50. The van der Waals surface area contributed by atoms with Crippen LogP contribution in [-0.2, 0) is 0 Å². The quantitative estimate of drug-likeness (QED) is 0.366. The maximum Gasteiger partial charge on any atom is 0.121 e. The molecule has 0 heterocycles. The third-order valence-electron chi connectivity index (χ3n) is 1.66. The van der Waals surface area contributed by atoms with Crippen LogP contribution < -0.4 is 0 Å². The molecule has 2 heteroatoms. The van der Waals surface area contributed by atoms with E-state index in [1.807, 2.05) is 0 Å². The fourth-order valence-electron chi connectivity index (χ4n) is 1.05. The third-order valence-corrected chi connectivity index (χ3v) is 2.03. The molecule has 0 aromatic carbocycles. The molecule has 0 saturated heterocycles. The average Bonchev–Trinajstić information content (AvgIpc) is 1.80. The highest BCUT2D eigenvalue weighted by Gasteiger charge is 2.21. The van der Waals surface area contributed by atoms with Gasteiger partial charge in [-0.15, -0.1) is 11.6 Å². The Morgan fingerprint density at radius 3 is 2.67 bits per heavy atom. The summed E-state index contributed by atoms with van der Waals surface area (Å²) in [7, 11) is 0. The Morgan fingerprint density at radius 1 is 1.56 bits per heavy atom. The SMILES string of the molecule is C=C1CC(Cl)CCC1F. The number of allylic oxidation sites excluding steroid dienone is 1. The minimum Gasteiger partial charge on any atom is -0.243 e. The number of hydrogen-bond acceptors (Lipinski definition) is 0. The van der Waals surface area contributed by atoms with Gasteiger partial charge in [-0.2, -0.15) is 0 Å². The molecule has 2 unspecified atom stereocenters. The molecule has 0 amide bonds. The third kappa shape index (κ3) is 1.68. The molecule has 1 aliphatic rings. The van der Waals surface area contributed by atoms with Gasteiger partial charge in [0.1, 0.15) is 6.17 Å². The van der Waals surface area contributed by atoms with E-state index in [4.69, 9.17) is 11.6 Å². The lowest BCUT2D eigenvalue weighted by molar-refractivity contribution is 0.320. The smallest absolute Gasteiger partial charge is 0.121 e. The van der Waals surface area contributed by atoms with E-state index in [-0.39, 0.29) is 5.38 Å². The lowest BCUT2D eigenvalue weighted by atomic mass is 9.94. The van der Waals surface area contributed by atoms with Crippen molar-refractivity contribution >= 4 is 11.6 Å². The van der Waals surface area contributed by atoms with Crippen molar-refractivity contribution in [2.24, 2.45) is 0 Å². The van der Waals surface area contributed by atoms with Crippen molar-refractivity contribution in [1.82, 2.24) is 0 Å². The van der Waals surface area contributed by atoms with E-state index in [2.05, 4.69) is 6.58 Å². The zero-order chi connectivity index (χ0) is 6.85. The largest absolute Gasteiger partial charge is 0.243 e. The molecule has 9 heavy (non-hydrogen) atoms. The molecule has 0 aromatic rings. The predicted octanol–water partition coefficient (Wildman–Crippen LogP) is 2.67. The van der Waals surface area contributed by atoms with Gasteiger partial charge in [0, 0.05) is 5.38 Å². The molecule has 0 radical (unpaired) electrons. The lowest BCUT2D eigenvalue weighted by Crippen LogP contribution is -2.17. The molecule has 1 rings (SSSR count). The van der Waals surface area contributed by atoms with Crippen LogP contribution in [0, 0.1) is 0 Å². The van der Waals surface area contributed by atoms with Gasteiger partial charge < -0.3 is 0 Å². The highest BCUT2D eigenvalue weighted by atomic mass is 35.5. The zero-order valence-electron chi connectivity index (χ0n) is 5.24. The normalized spacial score (nSPS) is 36.9. The van der Waals surface area contributed by atoms with Crippen molar-refractivity contribution < 1.29 is 4.39 Å². The molecule has 1 aliphatic carbocycles. The second-order valence-corrected chi connectivity index (χ2v) is 3.12. The first-order chi connectivity index (χ1) is 4.20. The molecule has 0 aromatic heterocycles. The van der Waals surface area contributed by atoms with Gasteiger partial charge in [0.2, 0.25) is 0 Å². The summed E-state index contributed by atoms with van der Waals surface area (Å²) in [6, 6.07) is 0. The minimum atomic E-state index is -0.792. The Kier molecular flexibility index (Phi) is 2.12. The predicted molar refractivity (Wildman–Crippen MR) is 37.5 cm³/mol. The van der Waals surface area contributed by atoms with Gasteiger partial charge in [0.25, 0.3) is 0 Å². The van der Waals surface area contributed by atoms with Crippen LogP contribution in [0.25, 0.3) is 0 Å². The number of alkyl halides is 2. The Bertz CT molecular complexity index is 122. The molecule has 0 bridgehead atoms. The van der Waals surface area contributed by atoms with Gasteiger partial charge in [-0.25, -0.2) is 4.39 Å². The summed E-state index contributed by atoms with van der Waals surface area (Å²) < 4.78 is 12.6. The number of halogens is 2. The van der Waals surface area contributed by atoms with Gasteiger partial charge in [0.05, 0.1) is 0 Å². The van der Waals surface area contributed by atoms with Crippen LogP contribution in [0.5, 0.6) is 0 Å². The molecule has 2 atom stereocenters. The van der Waals surface area contributed by atoms with E-state index in [1.165, 1.54) is 0 Å². The maximum atomic E-state index is 12.6. The van der Waals surface area contributed by atoms with Crippen LogP contribution >= 0.6 is 11.6 Å². The van der Waals surface area contributed by atoms with Crippen LogP contribution in [0.1, 0.15) is 19.3 Å². The first-order valence-electron chi connectivity index (χ1n) is 3.16. The van der Waals surface area contributed by atoms with Crippen LogP contribution in [0.15, 0.2) is 12.2 Å². The summed E-state index contributed by atoms with van der Waals surface area (Å²) in [6.45, 7) is 3.59. The highest BCUT2D eigenvalue weighted by molar-refractivity contribution is 6.20. The van der Waals surface area contributed by atoms with Crippen LogP contribution in [-0.4, -0.2) is 11.5 Å². The molecule has 0 N–H and O–H groups in total. The Morgan fingerprint density at radius 2 is 2.22 bits per heavy atom. The van der Waals surface area contributed by atoms with Crippen molar-refractivity contribution in [3.05, 3.63) is 12.2 Å². The summed E-state index contributed by atoms with van der Waals surface area (Å²) in [5.74, 6) is 0. The van der Waals surface area contributed by atoms with Gasteiger partial charge in [-0.05, 0) is 24.8 Å². The van der Waals surface area contributed by atoms with Crippen molar-refractivity contribution in [2.45, 2.75) is 30.8 Å². The Hall–Kier alpha value is -0.0400. The molecule has 1 fully saturated rings. The first-order valence-corrected chi connectivity index (χ1v) is 3.59. The Labute approximate surface area is 59.7 Å². The number of hydrogen-bond donors (Lipinski definition) is 0. The van der Waals surface area contributed by atoms with E-state index in [1.54, 1.807) is 0 Å². The van der Waals surface area contributed by atoms with Gasteiger partial charge >= 0.3 is 0 Å². The van der Waals surface area contributed by atoms with Crippen molar-refractivity contribution in [3.63, 3.8) is 0 Å². The summed E-state index contributed by atoms with van der Waals surface area (Å²) in [5, 5.41) is 0.129. The molecule has 0 spiro atoms. The number of rotatable bonds is 0. The van der Waals surface area contributed by atoms with Crippen molar-refractivity contribution in [1.29, 1.82) is 0 Å². The molecular formula is C7H10ClF.